The third-order valence-electron chi connectivity index (χ3n) is 6.41. The van der Waals surface area contributed by atoms with Crippen LogP contribution < -0.4 is 0 Å². The summed E-state index contributed by atoms with van der Waals surface area (Å²) < 4.78 is 5.66. The average Bonchev–Trinajstić information content (AvgIpc) is 2.63. The van der Waals surface area contributed by atoms with E-state index in [9.17, 15) is 24.6 Å². The summed E-state index contributed by atoms with van der Waals surface area (Å²) in [7, 11) is 0. The van der Waals surface area contributed by atoms with E-state index in [1.807, 2.05) is 32.9 Å². The minimum atomic E-state index is -2.33. The van der Waals surface area contributed by atoms with Crippen molar-refractivity contribution in [3.05, 3.63) is 48.1 Å². The van der Waals surface area contributed by atoms with Crippen LogP contribution in [0.15, 0.2) is 48.1 Å². The maximum atomic E-state index is 12.4. The molecule has 0 aromatic rings. The number of carboxylic acid groups (broad SMARTS) is 1. The molecule has 0 aromatic heterocycles. The molecule has 0 aromatic carbocycles. The van der Waals surface area contributed by atoms with Crippen molar-refractivity contribution in [1.29, 1.82) is 0 Å². The molecule has 0 unspecified atom stereocenters. The van der Waals surface area contributed by atoms with Gasteiger partial charge >= 0.3 is 11.9 Å². The molecule has 2 aliphatic carbocycles. The first-order valence-electron chi connectivity index (χ1n) is 9.84. The van der Waals surface area contributed by atoms with Gasteiger partial charge in [0.1, 0.15) is 12.4 Å². The molecule has 0 spiro atoms. The number of ether oxygens (including phenoxy) is 1. The number of hydrogen-bond donors (Lipinski definition) is 2. The number of rotatable bonds is 6. The molecule has 0 bridgehead atoms. The fraction of sp³-hybridized carbons (Fsp3) is 0.522. The van der Waals surface area contributed by atoms with Crippen molar-refractivity contribution < 1.29 is 29.3 Å². The Labute approximate surface area is 171 Å². The van der Waals surface area contributed by atoms with E-state index in [2.05, 4.69) is 0 Å². The van der Waals surface area contributed by atoms with Gasteiger partial charge in [0.05, 0.1) is 0 Å². The summed E-state index contributed by atoms with van der Waals surface area (Å²) in [5, 5.41) is 21.0. The molecule has 4 atom stereocenters. The number of carboxylic acids is 1. The average molecular weight is 402 g/mol. The third kappa shape index (κ3) is 3.99. The third-order valence-corrected chi connectivity index (χ3v) is 6.41. The first-order chi connectivity index (χ1) is 13.5. The number of carbonyl (C=O) groups is 3. The van der Waals surface area contributed by atoms with Crippen LogP contribution in [0.4, 0.5) is 0 Å². The quantitative estimate of drug-likeness (QED) is 0.306. The molecule has 0 heterocycles. The fourth-order valence-corrected chi connectivity index (χ4v) is 5.16. The summed E-state index contributed by atoms with van der Waals surface area (Å²) in [5.74, 6) is -2.52. The Bertz CT molecular complexity index is 787. The summed E-state index contributed by atoms with van der Waals surface area (Å²) in [5.41, 5.74) is -4.16. The van der Waals surface area contributed by atoms with Gasteiger partial charge in [-0.15, -0.1) is 0 Å². The van der Waals surface area contributed by atoms with Gasteiger partial charge in [0, 0.05) is 23.0 Å². The summed E-state index contributed by atoms with van der Waals surface area (Å²) in [4.78, 5) is 36.2. The second kappa shape index (κ2) is 8.49. The van der Waals surface area contributed by atoms with Crippen molar-refractivity contribution in [2.75, 3.05) is 0 Å². The monoisotopic (exact) mass is 402 g/mol. The molecule has 2 rings (SSSR count). The van der Waals surface area contributed by atoms with Crippen LogP contribution in [0.3, 0.4) is 0 Å². The number of hydrogen-bond acceptors (Lipinski definition) is 5. The van der Waals surface area contributed by atoms with E-state index in [4.69, 9.17) is 4.74 Å². The highest BCUT2D eigenvalue weighted by Crippen LogP contribution is 2.61. The summed E-state index contributed by atoms with van der Waals surface area (Å²) in [6.07, 6.45) is 12.7. The Morgan fingerprint density at radius 1 is 1.14 bits per heavy atom. The molecule has 2 aliphatic rings. The maximum absolute atomic E-state index is 12.4. The Kier molecular flexibility index (Phi) is 6.68. The van der Waals surface area contributed by atoms with Crippen molar-refractivity contribution in [2.24, 2.45) is 16.7 Å². The van der Waals surface area contributed by atoms with Crippen LogP contribution in [0.1, 0.15) is 47.0 Å². The number of aliphatic hydroxyl groups is 1. The molecule has 0 saturated heterocycles. The van der Waals surface area contributed by atoms with E-state index in [-0.39, 0.29) is 5.57 Å². The van der Waals surface area contributed by atoms with Crippen molar-refractivity contribution in [2.45, 2.75) is 58.7 Å². The Morgan fingerprint density at radius 3 is 2.38 bits per heavy atom. The molecule has 0 amide bonds. The lowest BCUT2D eigenvalue weighted by Crippen LogP contribution is -2.66. The van der Waals surface area contributed by atoms with Crippen LogP contribution >= 0.6 is 0 Å². The van der Waals surface area contributed by atoms with E-state index in [1.165, 1.54) is 12.2 Å². The van der Waals surface area contributed by atoms with Gasteiger partial charge in [-0.2, -0.15) is 0 Å². The first kappa shape index (κ1) is 22.8. The predicted molar refractivity (Wildman–Crippen MR) is 109 cm³/mol. The first-order valence-corrected chi connectivity index (χ1v) is 9.84. The minimum absolute atomic E-state index is 0.267. The van der Waals surface area contributed by atoms with E-state index in [1.54, 1.807) is 25.2 Å². The van der Waals surface area contributed by atoms with Crippen molar-refractivity contribution in [3.8, 4) is 0 Å². The zero-order valence-corrected chi connectivity index (χ0v) is 17.4. The standard InChI is InChI=1S/C23H30O6/c1-5-6-7-8-9-11-18(25)29-17-14-16(15-24)23(28,20(26)27)22(4)13-10-12-21(2,3)19(17)22/h5-9,11,14-15,17,19,28H,10,12-13H2,1-4H3,(H,26,27)/b6-5+,8-7+,11-9+/t17-,19-,22+,23+/m1/s1. The summed E-state index contributed by atoms with van der Waals surface area (Å²) in [6, 6.07) is 0. The van der Waals surface area contributed by atoms with E-state index >= 15 is 0 Å². The number of carbonyl (C=O) groups excluding carboxylic acids is 2. The highest BCUT2D eigenvalue weighted by molar-refractivity contribution is 5.94. The molecular weight excluding hydrogens is 372 g/mol. The zero-order valence-electron chi connectivity index (χ0n) is 17.4. The van der Waals surface area contributed by atoms with Gasteiger partial charge < -0.3 is 14.9 Å². The molecule has 1 fully saturated rings. The van der Waals surface area contributed by atoms with Gasteiger partial charge in [-0.3, -0.25) is 4.79 Å². The lowest BCUT2D eigenvalue weighted by molar-refractivity contribution is -0.202. The SMILES string of the molecule is C/C=C/C=C/C=C/C(=O)O[C@@H]1C=C(C=O)[C@](O)(C(=O)O)[C@@]2(C)CCCC(C)(C)[C@@H]12. The Morgan fingerprint density at radius 2 is 1.79 bits per heavy atom. The van der Waals surface area contributed by atoms with Crippen molar-refractivity contribution in [3.63, 3.8) is 0 Å². The van der Waals surface area contributed by atoms with Gasteiger partial charge in [0.15, 0.2) is 5.60 Å². The van der Waals surface area contributed by atoms with Crippen molar-refractivity contribution >= 4 is 18.2 Å². The lowest BCUT2D eigenvalue weighted by Gasteiger charge is -2.59. The molecule has 6 heteroatoms. The lowest BCUT2D eigenvalue weighted by atomic mass is 9.46. The zero-order chi connectivity index (χ0) is 21.9. The molecule has 158 valence electrons. The van der Waals surface area contributed by atoms with Crippen LogP contribution in [0.2, 0.25) is 0 Å². The highest BCUT2D eigenvalue weighted by Gasteiger charge is 2.67. The topological polar surface area (TPSA) is 101 Å². The summed E-state index contributed by atoms with van der Waals surface area (Å²) >= 11 is 0. The molecular formula is C23H30O6. The molecule has 29 heavy (non-hydrogen) atoms. The number of esters is 1. The molecule has 0 aliphatic heterocycles. The second-order valence-corrected chi connectivity index (χ2v) is 8.66. The Balaban J connectivity index is 2.47. The van der Waals surface area contributed by atoms with Crippen molar-refractivity contribution in [1.82, 2.24) is 0 Å². The molecule has 1 saturated carbocycles. The number of aliphatic carboxylic acids is 1. The second-order valence-electron chi connectivity index (χ2n) is 8.66. The molecule has 2 N–H and O–H groups in total. The van der Waals surface area contributed by atoms with Gasteiger partial charge in [-0.25, -0.2) is 9.59 Å². The predicted octanol–water partition coefficient (Wildman–Crippen LogP) is 3.37. The highest BCUT2D eigenvalue weighted by atomic mass is 16.5. The molecule has 0 radical (unpaired) electrons. The van der Waals surface area contributed by atoms with E-state index in [0.29, 0.717) is 19.1 Å². The van der Waals surface area contributed by atoms with Crippen LogP contribution in [-0.4, -0.2) is 40.1 Å². The van der Waals surface area contributed by atoms with Gasteiger partial charge in [-0.1, -0.05) is 57.6 Å². The van der Waals surface area contributed by atoms with Crippen LogP contribution in [-0.2, 0) is 19.1 Å². The normalized spacial score (nSPS) is 34.2. The van der Waals surface area contributed by atoms with Gasteiger partial charge in [-0.05, 0) is 31.3 Å². The van der Waals surface area contributed by atoms with Crippen LogP contribution in [0, 0.1) is 16.7 Å². The number of fused-ring (bicyclic) bond motifs is 1. The Hall–Kier alpha value is -2.47. The van der Waals surface area contributed by atoms with Gasteiger partial charge in [0.25, 0.3) is 0 Å². The van der Waals surface area contributed by atoms with Gasteiger partial charge in [0.2, 0.25) is 0 Å². The fourth-order valence-electron chi connectivity index (χ4n) is 5.16. The minimum Gasteiger partial charge on any atom is -0.479 e. The molecule has 6 nitrogen and oxygen atoms in total. The van der Waals surface area contributed by atoms with E-state index in [0.717, 1.165) is 6.42 Å². The van der Waals surface area contributed by atoms with Crippen LogP contribution in [0.5, 0.6) is 0 Å². The number of allylic oxidation sites excluding steroid dienone is 5. The maximum Gasteiger partial charge on any atom is 0.341 e. The largest absolute Gasteiger partial charge is 0.479 e. The van der Waals surface area contributed by atoms with E-state index < -0.39 is 40.4 Å². The number of aldehydes is 1. The summed E-state index contributed by atoms with van der Waals surface area (Å²) in [6.45, 7) is 7.52. The van der Waals surface area contributed by atoms with Crippen LogP contribution in [0.25, 0.3) is 0 Å². The smallest absolute Gasteiger partial charge is 0.341 e.